The fraction of sp³-hybridized carbons (Fsp3) is 1.00. The van der Waals surface area contributed by atoms with E-state index in [0.717, 1.165) is 0 Å². The first-order chi connectivity index (χ1) is 5.43. The third kappa shape index (κ3) is 0.781. The Bertz CT molecular complexity index is 207. The lowest BCUT2D eigenvalue weighted by molar-refractivity contribution is -0.242. The smallest absolute Gasteiger partial charge is 0.373 e. The first-order valence-electron chi connectivity index (χ1n) is 3.84. The number of alkyl halides is 3. The molecular weight excluding hydrogens is 171 g/mol. The van der Waals surface area contributed by atoms with Gasteiger partial charge in [-0.2, -0.15) is 13.2 Å². The van der Waals surface area contributed by atoms with E-state index in [1.165, 1.54) is 0 Å². The van der Waals surface area contributed by atoms with Crippen molar-refractivity contribution >= 4 is 0 Å². The van der Waals surface area contributed by atoms with Gasteiger partial charge in [-0.25, -0.2) is 0 Å². The first-order valence-corrected chi connectivity index (χ1v) is 3.84. The molecule has 2 heterocycles. The van der Waals surface area contributed by atoms with Gasteiger partial charge in [0.25, 0.3) is 0 Å². The molecule has 3 fully saturated rings. The lowest BCUT2D eigenvalue weighted by Gasteiger charge is -2.44. The molecule has 2 bridgehead atoms. The van der Waals surface area contributed by atoms with E-state index in [1.54, 1.807) is 0 Å². The van der Waals surface area contributed by atoms with Gasteiger partial charge in [-0.05, 0) is 12.8 Å². The minimum Gasteiger partial charge on any atom is -0.373 e. The molecule has 5 heteroatoms. The van der Waals surface area contributed by atoms with Crippen molar-refractivity contribution in [2.75, 3.05) is 13.2 Å². The van der Waals surface area contributed by atoms with Crippen molar-refractivity contribution in [3.63, 3.8) is 0 Å². The van der Waals surface area contributed by atoms with Crippen LogP contribution in [0.2, 0.25) is 0 Å². The zero-order valence-corrected chi connectivity index (χ0v) is 6.45. The van der Waals surface area contributed by atoms with E-state index >= 15 is 0 Å². The van der Waals surface area contributed by atoms with E-state index in [9.17, 15) is 13.2 Å². The molecule has 2 N–H and O–H groups in total. The molecule has 0 aromatic heterocycles. The summed E-state index contributed by atoms with van der Waals surface area (Å²) in [6.07, 6.45) is -4.01. The maximum Gasteiger partial charge on any atom is 0.396 e. The summed E-state index contributed by atoms with van der Waals surface area (Å²) in [6, 6.07) is 0. The van der Waals surface area contributed by atoms with Gasteiger partial charge in [-0.15, -0.1) is 0 Å². The van der Waals surface area contributed by atoms with Crippen molar-refractivity contribution in [2.45, 2.75) is 24.6 Å². The molecule has 2 nitrogen and oxygen atoms in total. The van der Waals surface area contributed by atoms with Gasteiger partial charge < -0.3 is 10.5 Å². The minimum atomic E-state index is -4.12. The summed E-state index contributed by atoms with van der Waals surface area (Å²) >= 11 is 0. The molecule has 1 saturated carbocycles. The standard InChI is InChI=1S/C7H10F3NO/c8-7(9,10)5-1-6(2-5,3-11)12-4-5/h1-4,11H2. The summed E-state index contributed by atoms with van der Waals surface area (Å²) in [5.74, 6) is 0. The van der Waals surface area contributed by atoms with Crippen molar-refractivity contribution in [3.8, 4) is 0 Å². The number of ether oxygens (including phenoxy) is 1. The van der Waals surface area contributed by atoms with Crippen LogP contribution in [-0.4, -0.2) is 24.9 Å². The molecule has 1 aliphatic carbocycles. The van der Waals surface area contributed by atoms with Crippen molar-refractivity contribution < 1.29 is 17.9 Å². The second-order valence-corrected chi connectivity index (χ2v) is 3.81. The van der Waals surface area contributed by atoms with Gasteiger partial charge in [0.2, 0.25) is 0 Å². The largest absolute Gasteiger partial charge is 0.396 e. The average molecular weight is 181 g/mol. The van der Waals surface area contributed by atoms with Crippen LogP contribution in [-0.2, 0) is 4.74 Å². The van der Waals surface area contributed by atoms with Crippen molar-refractivity contribution in [1.29, 1.82) is 0 Å². The van der Waals surface area contributed by atoms with E-state index in [0.29, 0.717) is 0 Å². The van der Waals surface area contributed by atoms with Crippen molar-refractivity contribution in [1.82, 2.24) is 0 Å². The second kappa shape index (κ2) is 1.96. The third-order valence-corrected chi connectivity index (χ3v) is 2.95. The number of nitrogens with two attached hydrogens (primary N) is 1. The van der Waals surface area contributed by atoms with E-state index in [2.05, 4.69) is 0 Å². The Morgan fingerprint density at radius 1 is 1.33 bits per heavy atom. The molecule has 0 aromatic carbocycles. The highest BCUT2D eigenvalue weighted by Gasteiger charge is 2.73. The highest BCUT2D eigenvalue weighted by molar-refractivity contribution is 5.14. The van der Waals surface area contributed by atoms with Gasteiger partial charge in [0.1, 0.15) is 0 Å². The van der Waals surface area contributed by atoms with Gasteiger partial charge in [0.05, 0.1) is 17.6 Å². The Kier molecular flexibility index (Phi) is 1.36. The van der Waals surface area contributed by atoms with E-state index in [-0.39, 0.29) is 26.0 Å². The van der Waals surface area contributed by atoms with Crippen LogP contribution in [0.4, 0.5) is 13.2 Å². The van der Waals surface area contributed by atoms with Gasteiger partial charge in [0.15, 0.2) is 0 Å². The molecule has 70 valence electrons. The fourth-order valence-electron chi connectivity index (χ4n) is 2.16. The SMILES string of the molecule is NCC12CC(C(F)(F)F)(CO1)C2. The quantitative estimate of drug-likeness (QED) is 0.656. The van der Waals surface area contributed by atoms with Crippen LogP contribution in [0.15, 0.2) is 0 Å². The summed E-state index contributed by atoms with van der Waals surface area (Å²) in [5, 5.41) is 0. The fourth-order valence-corrected chi connectivity index (χ4v) is 2.16. The number of hydrogen-bond acceptors (Lipinski definition) is 2. The summed E-state index contributed by atoms with van der Waals surface area (Å²) in [4.78, 5) is 0. The maximum absolute atomic E-state index is 12.4. The predicted octanol–water partition coefficient (Wildman–Crippen LogP) is 1.06. The number of fused-ring (bicyclic) bond motifs is 1. The first kappa shape index (κ1) is 8.31. The molecule has 2 saturated heterocycles. The highest BCUT2D eigenvalue weighted by atomic mass is 19.4. The average Bonchev–Trinajstić information content (AvgIpc) is 2.37. The highest BCUT2D eigenvalue weighted by Crippen LogP contribution is 2.64. The Balaban J connectivity index is 2.14. The molecular formula is C7H10F3NO. The van der Waals surface area contributed by atoms with Crippen LogP contribution < -0.4 is 5.73 Å². The van der Waals surface area contributed by atoms with Crippen LogP contribution in [0, 0.1) is 5.41 Å². The van der Waals surface area contributed by atoms with Crippen LogP contribution in [0.3, 0.4) is 0 Å². The summed E-state index contributed by atoms with van der Waals surface area (Å²) < 4.78 is 42.2. The lowest BCUT2D eigenvalue weighted by atomic mass is 9.62. The van der Waals surface area contributed by atoms with Crippen molar-refractivity contribution in [2.24, 2.45) is 11.1 Å². The van der Waals surface area contributed by atoms with Crippen LogP contribution in [0.25, 0.3) is 0 Å². The number of hydrogen-bond donors (Lipinski definition) is 1. The lowest BCUT2D eigenvalue weighted by Crippen LogP contribution is -2.55. The van der Waals surface area contributed by atoms with E-state index in [4.69, 9.17) is 10.5 Å². The molecule has 0 unspecified atom stereocenters. The van der Waals surface area contributed by atoms with Crippen LogP contribution in [0.1, 0.15) is 12.8 Å². The summed E-state index contributed by atoms with van der Waals surface area (Å²) in [5.41, 5.74) is 3.11. The minimum absolute atomic E-state index is 0.0556. The van der Waals surface area contributed by atoms with E-state index < -0.39 is 17.2 Å². The van der Waals surface area contributed by atoms with Gasteiger partial charge >= 0.3 is 6.18 Å². The zero-order valence-electron chi connectivity index (χ0n) is 6.45. The zero-order chi connectivity index (χ0) is 9.04. The topological polar surface area (TPSA) is 35.2 Å². The second-order valence-electron chi connectivity index (χ2n) is 3.81. The van der Waals surface area contributed by atoms with Gasteiger partial charge in [-0.1, -0.05) is 0 Å². The Labute approximate surface area is 67.9 Å². The van der Waals surface area contributed by atoms with Crippen LogP contribution in [0.5, 0.6) is 0 Å². The molecule has 0 amide bonds. The molecule has 3 rings (SSSR count). The number of rotatable bonds is 1. The Hall–Kier alpha value is -0.290. The third-order valence-electron chi connectivity index (χ3n) is 2.95. The summed E-state index contributed by atoms with van der Waals surface area (Å²) in [7, 11) is 0. The molecule has 12 heavy (non-hydrogen) atoms. The summed E-state index contributed by atoms with van der Waals surface area (Å²) in [6.45, 7) is -0.00146. The normalized spacial score (nSPS) is 46.0. The molecule has 0 radical (unpaired) electrons. The molecule has 0 aromatic rings. The van der Waals surface area contributed by atoms with Crippen molar-refractivity contribution in [3.05, 3.63) is 0 Å². The van der Waals surface area contributed by atoms with Gasteiger partial charge in [-0.3, -0.25) is 0 Å². The maximum atomic E-state index is 12.4. The van der Waals surface area contributed by atoms with Crippen LogP contribution >= 0.6 is 0 Å². The molecule has 3 aliphatic rings. The Morgan fingerprint density at radius 3 is 2.17 bits per heavy atom. The monoisotopic (exact) mass is 181 g/mol. The van der Waals surface area contributed by atoms with E-state index in [1.807, 2.05) is 0 Å². The molecule has 2 aliphatic heterocycles. The molecule has 0 spiro atoms. The molecule has 0 atom stereocenters. The Morgan fingerprint density at radius 2 is 1.92 bits per heavy atom. The number of halogens is 3. The van der Waals surface area contributed by atoms with Gasteiger partial charge in [0, 0.05) is 6.54 Å². The predicted molar refractivity (Wildman–Crippen MR) is 35.5 cm³/mol.